The Kier molecular flexibility index (Phi) is 7.67. The normalized spacial score (nSPS) is 12.7. The predicted molar refractivity (Wildman–Crippen MR) is 132 cm³/mol. The standard InChI is InChI=1S/C26H31FN6O2/c1-17(2)24(25-29-30-31-33(25)11-12-35-4)32(15-19-6-9-22(27)10-7-19)16-21-14-20-8-5-18(3)13-23(20)28-26(21)34/h5-10,13-14,17,24H,11-12,15-16H2,1-4H3,(H,28,34). The van der Waals surface area contributed by atoms with Crippen LogP contribution >= 0.6 is 0 Å². The van der Waals surface area contributed by atoms with Crippen LogP contribution in [-0.4, -0.2) is 43.8 Å². The molecule has 0 aliphatic heterocycles. The molecule has 0 spiro atoms. The maximum Gasteiger partial charge on any atom is 0.252 e. The molecule has 0 saturated heterocycles. The summed E-state index contributed by atoms with van der Waals surface area (Å²) in [5.74, 6) is 0.544. The fraction of sp³-hybridized carbons (Fsp3) is 0.385. The largest absolute Gasteiger partial charge is 0.383 e. The van der Waals surface area contributed by atoms with Gasteiger partial charge in [0.1, 0.15) is 5.82 Å². The quantitative estimate of drug-likeness (QED) is 0.371. The predicted octanol–water partition coefficient (Wildman–Crippen LogP) is 4.01. The summed E-state index contributed by atoms with van der Waals surface area (Å²) in [7, 11) is 1.64. The number of aryl methyl sites for hydroxylation is 1. The Morgan fingerprint density at radius 1 is 1.11 bits per heavy atom. The molecule has 0 fully saturated rings. The third-order valence-corrected chi connectivity index (χ3v) is 6.11. The molecule has 0 aliphatic carbocycles. The van der Waals surface area contributed by atoms with Gasteiger partial charge in [-0.15, -0.1) is 5.10 Å². The zero-order chi connectivity index (χ0) is 24.9. The van der Waals surface area contributed by atoms with E-state index < -0.39 is 0 Å². The lowest BCUT2D eigenvalue weighted by Crippen LogP contribution is -2.35. The summed E-state index contributed by atoms with van der Waals surface area (Å²) >= 11 is 0. The first-order chi connectivity index (χ1) is 16.9. The molecule has 1 unspecified atom stereocenters. The Hall–Kier alpha value is -3.43. The molecule has 0 aliphatic rings. The Balaban J connectivity index is 1.75. The number of aromatic amines is 1. The SMILES string of the molecule is COCCn1nnnc1C(C(C)C)N(Cc1ccc(F)cc1)Cc1cc2ccc(C)cc2[nH]c1=O. The third-order valence-electron chi connectivity index (χ3n) is 6.11. The minimum absolute atomic E-state index is 0.130. The van der Waals surface area contributed by atoms with E-state index in [1.165, 1.54) is 12.1 Å². The minimum Gasteiger partial charge on any atom is -0.383 e. The van der Waals surface area contributed by atoms with Gasteiger partial charge in [0.25, 0.3) is 5.56 Å². The van der Waals surface area contributed by atoms with E-state index in [0.717, 1.165) is 22.0 Å². The van der Waals surface area contributed by atoms with Crippen LogP contribution in [-0.2, 0) is 24.4 Å². The molecule has 2 aromatic carbocycles. The molecule has 2 aromatic heterocycles. The van der Waals surface area contributed by atoms with Gasteiger partial charge in [-0.3, -0.25) is 9.69 Å². The summed E-state index contributed by atoms with van der Waals surface area (Å²) in [5.41, 5.74) is 3.34. The van der Waals surface area contributed by atoms with Gasteiger partial charge in [0.2, 0.25) is 0 Å². The fourth-order valence-corrected chi connectivity index (χ4v) is 4.42. The molecule has 0 amide bonds. The lowest BCUT2D eigenvalue weighted by molar-refractivity contribution is 0.121. The van der Waals surface area contributed by atoms with E-state index >= 15 is 0 Å². The smallest absolute Gasteiger partial charge is 0.252 e. The lowest BCUT2D eigenvalue weighted by Gasteiger charge is -2.33. The molecule has 0 bridgehead atoms. The number of nitrogens with one attached hydrogen (secondary N) is 1. The number of halogens is 1. The molecule has 184 valence electrons. The van der Waals surface area contributed by atoms with Crippen molar-refractivity contribution < 1.29 is 9.13 Å². The number of aromatic nitrogens is 5. The summed E-state index contributed by atoms with van der Waals surface area (Å²) in [6.07, 6.45) is 0. The number of nitrogens with zero attached hydrogens (tertiary/aromatic N) is 5. The second-order valence-corrected chi connectivity index (χ2v) is 9.19. The number of pyridine rings is 1. The van der Waals surface area contributed by atoms with Gasteiger partial charge in [0.15, 0.2) is 5.82 Å². The highest BCUT2D eigenvalue weighted by molar-refractivity contribution is 5.79. The van der Waals surface area contributed by atoms with Crippen molar-refractivity contribution in [1.82, 2.24) is 30.1 Å². The summed E-state index contributed by atoms with van der Waals surface area (Å²) in [6.45, 7) is 8.06. The van der Waals surface area contributed by atoms with Crippen LogP contribution in [0.5, 0.6) is 0 Å². The average Bonchev–Trinajstić information content (AvgIpc) is 3.27. The van der Waals surface area contributed by atoms with Gasteiger partial charge in [-0.1, -0.05) is 38.1 Å². The zero-order valence-electron chi connectivity index (χ0n) is 20.5. The van der Waals surface area contributed by atoms with Crippen LogP contribution in [0.3, 0.4) is 0 Å². The van der Waals surface area contributed by atoms with Gasteiger partial charge >= 0.3 is 0 Å². The highest BCUT2D eigenvalue weighted by atomic mass is 19.1. The average molecular weight is 479 g/mol. The molecule has 4 rings (SSSR count). The van der Waals surface area contributed by atoms with E-state index in [0.29, 0.717) is 37.6 Å². The number of tetrazole rings is 1. The van der Waals surface area contributed by atoms with Crippen molar-refractivity contribution in [2.75, 3.05) is 13.7 Å². The number of benzene rings is 2. The van der Waals surface area contributed by atoms with Crippen molar-refractivity contribution >= 4 is 10.9 Å². The molecule has 4 aromatic rings. The van der Waals surface area contributed by atoms with Gasteiger partial charge < -0.3 is 9.72 Å². The van der Waals surface area contributed by atoms with Crippen LogP contribution in [0.15, 0.2) is 53.3 Å². The van der Waals surface area contributed by atoms with Crippen LogP contribution in [0.2, 0.25) is 0 Å². The van der Waals surface area contributed by atoms with Gasteiger partial charge in [-0.05, 0) is 64.0 Å². The van der Waals surface area contributed by atoms with Crippen molar-refractivity contribution in [3.63, 3.8) is 0 Å². The molecule has 0 radical (unpaired) electrons. The van der Waals surface area contributed by atoms with Crippen LogP contribution in [0.4, 0.5) is 4.39 Å². The van der Waals surface area contributed by atoms with Crippen LogP contribution in [0.1, 0.15) is 42.4 Å². The number of hydrogen-bond donors (Lipinski definition) is 1. The Morgan fingerprint density at radius 2 is 1.89 bits per heavy atom. The van der Waals surface area contributed by atoms with E-state index in [4.69, 9.17) is 4.74 Å². The van der Waals surface area contributed by atoms with Gasteiger partial charge in [0.05, 0.1) is 19.2 Å². The van der Waals surface area contributed by atoms with Crippen molar-refractivity contribution in [1.29, 1.82) is 0 Å². The molecule has 1 N–H and O–H groups in total. The molecule has 1 atom stereocenters. The second-order valence-electron chi connectivity index (χ2n) is 9.19. The van der Waals surface area contributed by atoms with E-state index in [1.807, 2.05) is 31.2 Å². The van der Waals surface area contributed by atoms with Crippen LogP contribution in [0.25, 0.3) is 10.9 Å². The number of rotatable bonds is 10. The Labute approximate surface area is 203 Å². The molecule has 2 heterocycles. The number of H-pyrrole nitrogens is 1. The van der Waals surface area contributed by atoms with Gasteiger partial charge in [-0.25, -0.2) is 9.07 Å². The zero-order valence-corrected chi connectivity index (χ0v) is 20.5. The monoisotopic (exact) mass is 478 g/mol. The molecule has 35 heavy (non-hydrogen) atoms. The van der Waals surface area contributed by atoms with Crippen LogP contribution in [0, 0.1) is 18.7 Å². The van der Waals surface area contributed by atoms with Gasteiger partial charge in [-0.2, -0.15) is 0 Å². The highest BCUT2D eigenvalue weighted by Gasteiger charge is 2.30. The maximum absolute atomic E-state index is 13.6. The summed E-state index contributed by atoms with van der Waals surface area (Å²) in [5, 5.41) is 13.4. The second kappa shape index (κ2) is 10.9. The number of hydrogen-bond acceptors (Lipinski definition) is 6. The summed E-state index contributed by atoms with van der Waals surface area (Å²) < 4.78 is 20.6. The molecule has 9 heteroatoms. The maximum atomic E-state index is 13.6. The molecular formula is C26H31FN6O2. The Morgan fingerprint density at radius 3 is 2.60 bits per heavy atom. The first-order valence-electron chi connectivity index (χ1n) is 11.7. The Bertz CT molecular complexity index is 1330. The first-order valence-corrected chi connectivity index (χ1v) is 11.7. The highest BCUT2D eigenvalue weighted by Crippen LogP contribution is 2.30. The number of fused-ring (bicyclic) bond motifs is 1. The van der Waals surface area contributed by atoms with E-state index in [-0.39, 0.29) is 23.3 Å². The van der Waals surface area contributed by atoms with E-state index in [9.17, 15) is 9.18 Å². The van der Waals surface area contributed by atoms with Crippen molar-refractivity contribution in [2.24, 2.45) is 5.92 Å². The number of methoxy groups -OCH3 is 1. The minimum atomic E-state index is -0.287. The fourth-order valence-electron chi connectivity index (χ4n) is 4.42. The number of ether oxygens (including phenoxy) is 1. The third kappa shape index (κ3) is 5.80. The van der Waals surface area contributed by atoms with Crippen LogP contribution < -0.4 is 5.56 Å². The van der Waals surface area contributed by atoms with Crippen molar-refractivity contribution in [3.05, 3.63) is 87.2 Å². The molecular weight excluding hydrogens is 447 g/mol. The van der Waals surface area contributed by atoms with Gasteiger partial charge in [0, 0.05) is 31.3 Å². The lowest BCUT2D eigenvalue weighted by atomic mass is 9.99. The van der Waals surface area contributed by atoms with E-state index in [2.05, 4.69) is 39.3 Å². The van der Waals surface area contributed by atoms with Crippen molar-refractivity contribution in [3.8, 4) is 0 Å². The first kappa shape index (κ1) is 24.7. The summed E-state index contributed by atoms with van der Waals surface area (Å²) in [6, 6.07) is 14.2. The van der Waals surface area contributed by atoms with E-state index in [1.54, 1.807) is 23.9 Å². The molecule has 8 nitrogen and oxygen atoms in total. The van der Waals surface area contributed by atoms with Crippen molar-refractivity contribution in [2.45, 2.75) is 46.4 Å². The molecule has 0 saturated carbocycles. The summed E-state index contributed by atoms with van der Waals surface area (Å²) in [4.78, 5) is 18.3. The topological polar surface area (TPSA) is 88.9 Å².